The number of carbonyl (C=O) groups is 3. The maximum Gasteiger partial charge on any atom is 0.153 e. The molecule has 1 aliphatic heterocycles. The van der Waals surface area contributed by atoms with Gasteiger partial charge in [-0.1, -0.05) is 11.6 Å². The number of methoxy groups -OCH3 is 1. The van der Waals surface area contributed by atoms with Gasteiger partial charge >= 0.3 is 176 Å². The van der Waals surface area contributed by atoms with Crippen molar-refractivity contribution in [3.8, 4) is 16.9 Å². The number of aryl methyl sites for hydroxylation is 1. The van der Waals surface area contributed by atoms with Gasteiger partial charge in [0, 0.05) is 6.07 Å². The summed E-state index contributed by atoms with van der Waals surface area (Å²) in [6.07, 6.45) is 2.56. The van der Waals surface area contributed by atoms with E-state index >= 15 is 0 Å². The first-order valence-electron chi connectivity index (χ1n) is 13.3. The maximum atomic E-state index is 13.0. The number of ether oxygens (including phenoxy) is 2. The number of hydrogen-bond acceptors (Lipinski definition) is 6. The summed E-state index contributed by atoms with van der Waals surface area (Å²) in [5.74, 6) is 0.0798. The predicted octanol–water partition coefficient (Wildman–Crippen LogP) is 7.09. The Labute approximate surface area is 253 Å². The molecular weight excluding hydrogens is 657 g/mol. The fourth-order valence-corrected chi connectivity index (χ4v) is 7.46. The number of halogens is 2. The van der Waals surface area contributed by atoms with Crippen LogP contribution in [0.5, 0.6) is 5.75 Å². The van der Waals surface area contributed by atoms with Crippen molar-refractivity contribution >= 4 is 61.4 Å². The molecule has 3 aromatic carbocycles. The molecule has 1 aliphatic rings. The summed E-state index contributed by atoms with van der Waals surface area (Å²) in [6.45, 7) is 1.87. The quantitative estimate of drug-likeness (QED) is 0.102. The van der Waals surface area contributed by atoms with E-state index in [-0.39, 0.29) is 23.5 Å². The smallest absolute Gasteiger partial charge is 0.153 e. The van der Waals surface area contributed by atoms with E-state index in [0.29, 0.717) is 35.4 Å². The van der Waals surface area contributed by atoms with Crippen molar-refractivity contribution in [2.75, 3.05) is 40.7 Å². The van der Waals surface area contributed by atoms with Gasteiger partial charge in [-0.3, -0.25) is 9.59 Å². The molecule has 0 saturated carbocycles. The fraction of sp³-hybridized carbons (Fsp3) is 0.323. The van der Waals surface area contributed by atoms with Gasteiger partial charge in [0.1, 0.15) is 5.75 Å². The average Bonchev–Trinajstić information content (AvgIpc) is 2.97. The summed E-state index contributed by atoms with van der Waals surface area (Å²) in [5, 5.41) is 6.01. The second kappa shape index (κ2) is 14.7. The van der Waals surface area contributed by atoms with E-state index in [9.17, 15) is 14.4 Å². The number of anilines is 2. The molecule has 0 radical (unpaired) electrons. The molecule has 4 rings (SSSR count). The van der Waals surface area contributed by atoms with Crippen LogP contribution in [0.3, 0.4) is 0 Å². The van der Waals surface area contributed by atoms with E-state index < -0.39 is 26.2 Å². The van der Waals surface area contributed by atoms with Crippen molar-refractivity contribution in [3.05, 3.63) is 76.8 Å². The van der Waals surface area contributed by atoms with E-state index in [0.717, 1.165) is 42.6 Å². The normalized spacial score (nSPS) is 15.5. The number of piperidine rings is 1. The minimum Gasteiger partial charge on any atom is -0.298 e. The van der Waals surface area contributed by atoms with Crippen LogP contribution in [0.15, 0.2) is 60.7 Å². The second-order valence-corrected chi connectivity index (χ2v) is 15.7. The van der Waals surface area contributed by atoms with Crippen LogP contribution in [-0.4, -0.2) is 57.6 Å². The third-order valence-electron chi connectivity index (χ3n) is 6.85. The second-order valence-electron chi connectivity index (χ2n) is 9.87. The van der Waals surface area contributed by atoms with Gasteiger partial charge in [0.05, 0.1) is 23.4 Å². The molecule has 2 amide bonds. The first-order valence-corrected chi connectivity index (χ1v) is 19.0. The molecule has 0 spiro atoms. The predicted molar refractivity (Wildman–Crippen MR) is 173 cm³/mol. The summed E-state index contributed by atoms with van der Waals surface area (Å²) in [4.78, 5) is 41.6. The van der Waals surface area contributed by atoms with Crippen LogP contribution in [0.25, 0.3) is 11.1 Å². The first-order chi connectivity index (χ1) is 19.8. The minimum atomic E-state index is -1.12. The molecule has 2 N–H and O–H groups in total. The van der Waals surface area contributed by atoms with Gasteiger partial charge in [0.25, 0.3) is 0 Å². The maximum absolute atomic E-state index is 13.0. The zero-order valence-corrected chi connectivity index (χ0v) is 26.3. The molecule has 0 aromatic heterocycles. The standard InChI is InChI=1S/C31H35ClIN3O5/c1-33(2)36-15-7-10-24(19-36)41-31(39)35-27-16-21(11-13-25(27)22-8-5-4-6-9-22)12-14-30(38)34-28-18-29(40-3)23(20-37)17-26(28)32/h4-6,8-9,11,13,16-18,20,24H,7,10,12,14-15,19H2,1-3H3,(H,34,38)(H,35,39). The number of aldehydes is 1. The molecule has 41 heavy (non-hydrogen) atoms. The summed E-state index contributed by atoms with van der Waals surface area (Å²) in [6, 6.07) is 18.6. The van der Waals surface area contributed by atoms with Crippen molar-refractivity contribution < 1.29 is 23.9 Å². The Balaban J connectivity index is 1.46. The van der Waals surface area contributed by atoms with Crippen molar-refractivity contribution in [3.63, 3.8) is 0 Å². The van der Waals surface area contributed by atoms with Gasteiger partial charge in [0.15, 0.2) is 6.29 Å². The number of amides is 2. The van der Waals surface area contributed by atoms with Gasteiger partial charge in [0.2, 0.25) is 0 Å². The number of alkyl halides is 2. The van der Waals surface area contributed by atoms with E-state index in [4.69, 9.17) is 21.1 Å². The number of nitrogens with one attached hydrogen (secondary N) is 2. The van der Waals surface area contributed by atoms with Crippen molar-refractivity contribution in [2.24, 2.45) is 0 Å². The SMILES string of the molecule is COc1cc(NC(=O)CCc2ccc(-c3ccccc3)c(NC(=O)OC3CCCN(I(C)C)C3)c2)c(Cl)cc1C=O. The van der Waals surface area contributed by atoms with Gasteiger partial charge in [-0.15, -0.1) is 0 Å². The molecule has 218 valence electrons. The van der Waals surface area contributed by atoms with E-state index in [2.05, 4.69) is 23.6 Å². The van der Waals surface area contributed by atoms with Crippen LogP contribution in [-0.2, 0) is 16.0 Å². The number of rotatable bonds is 10. The zero-order valence-electron chi connectivity index (χ0n) is 23.4. The van der Waals surface area contributed by atoms with Gasteiger partial charge in [-0.2, -0.15) is 0 Å². The van der Waals surface area contributed by atoms with Crippen LogP contribution in [0.2, 0.25) is 5.02 Å². The fourth-order valence-electron chi connectivity index (χ4n) is 4.71. The van der Waals surface area contributed by atoms with E-state index in [1.807, 2.05) is 48.5 Å². The van der Waals surface area contributed by atoms with Gasteiger partial charge < -0.3 is 10.1 Å². The molecule has 1 atom stereocenters. The third-order valence-corrected chi connectivity index (χ3v) is 10.8. The molecule has 10 heteroatoms. The summed E-state index contributed by atoms with van der Waals surface area (Å²) in [7, 11) is 1.44. The number of benzene rings is 3. The van der Waals surface area contributed by atoms with E-state index in [1.54, 1.807) is 0 Å². The molecule has 8 nitrogen and oxygen atoms in total. The first kappa shape index (κ1) is 30.8. The Morgan fingerprint density at radius 3 is 2.56 bits per heavy atom. The van der Waals surface area contributed by atoms with Crippen LogP contribution in [0.4, 0.5) is 16.2 Å². The Kier molecular flexibility index (Phi) is 11.0. The van der Waals surface area contributed by atoms with Crippen LogP contribution >= 0.6 is 31.7 Å². The van der Waals surface area contributed by atoms with Crippen LogP contribution in [0, 0.1) is 0 Å². The summed E-state index contributed by atoms with van der Waals surface area (Å²) < 4.78 is 13.5. The monoisotopic (exact) mass is 691 g/mol. The molecule has 1 fully saturated rings. The van der Waals surface area contributed by atoms with Crippen molar-refractivity contribution in [2.45, 2.75) is 31.8 Å². The van der Waals surface area contributed by atoms with Gasteiger partial charge in [-0.25, -0.2) is 0 Å². The molecule has 0 bridgehead atoms. The minimum absolute atomic E-state index is 0.124. The number of nitrogens with zero attached hydrogens (tertiary/aromatic N) is 1. The van der Waals surface area contributed by atoms with Crippen molar-refractivity contribution in [1.29, 1.82) is 0 Å². The summed E-state index contributed by atoms with van der Waals surface area (Å²) in [5.41, 5.74) is 4.00. The van der Waals surface area contributed by atoms with Crippen LogP contribution < -0.4 is 15.4 Å². The van der Waals surface area contributed by atoms with Gasteiger partial charge in [-0.05, 0) is 6.07 Å². The van der Waals surface area contributed by atoms with Crippen molar-refractivity contribution in [1.82, 2.24) is 3.11 Å². The molecule has 1 saturated heterocycles. The number of hydrogen-bond donors (Lipinski definition) is 2. The molecular formula is C31H35ClIN3O5. The average molecular weight is 692 g/mol. The molecule has 1 unspecified atom stereocenters. The largest absolute Gasteiger partial charge is 0.298 e. The Morgan fingerprint density at radius 2 is 1.85 bits per heavy atom. The van der Waals surface area contributed by atoms with E-state index in [1.165, 1.54) is 19.2 Å². The molecule has 1 heterocycles. The Bertz CT molecular complexity index is 1390. The topological polar surface area (TPSA) is 97.0 Å². The Morgan fingerprint density at radius 1 is 1.07 bits per heavy atom. The molecule has 0 aliphatic carbocycles. The van der Waals surface area contributed by atoms with Crippen LogP contribution in [0.1, 0.15) is 35.2 Å². The molecule has 3 aromatic rings. The Hall–Kier alpha value is -3.15. The zero-order chi connectivity index (χ0) is 29.4. The summed E-state index contributed by atoms with van der Waals surface area (Å²) >= 11 is 5.13. The third kappa shape index (κ3) is 8.43. The number of carbonyl (C=O) groups excluding carboxylic acids is 3.